The van der Waals surface area contributed by atoms with Crippen LogP contribution in [-0.4, -0.2) is 50.9 Å². The van der Waals surface area contributed by atoms with Crippen molar-refractivity contribution in [2.45, 2.75) is 57.1 Å². The number of anilines is 1. The van der Waals surface area contributed by atoms with E-state index in [9.17, 15) is 18.0 Å². The molecule has 0 saturated carbocycles. The highest BCUT2D eigenvalue weighted by Gasteiger charge is 2.35. The Morgan fingerprint density at radius 1 is 0.894 bits per heavy atom. The topological polar surface area (TPSA) is 96.0 Å². The number of carbonyl (C=O) groups is 2. The van der Waals surface area contributed by atoms with Crippen LogP contribution in [0.2, 0.25) is 10.0 Å². The Balaban J connectivity index is 1.85. The number of benzene rings is 4. The number of nitrogens with one attached hydrogen (secondary N) is 1. The standard InChI is InChI=1S/C36H39Cl2N3O5S/c1-5-26(3)39-36(43)34(21-27-11-7-6-8-12-27)40(23-31-32(37)15-10-16-33(31)38)35(42)24-41(28-13-9-14-29(22-28)46-4)47(44,45)30-19-17-25(2)18-20-30/h6-20,22,26,34H,5,21,23-24H2,1-4H3,(H,39,43)/t26-,34+/m0/s1. The van der Waals surface area contributed by atoms with Gasteiger partial charge in [0.05, 0.1) is 17.7 Å². The lowest BCUT2D eigenvalue weighted by molar-refractivity contribution is -0.140. The lowest BCUT2D eigenvalue weighted by Crippen LogP contribution is -2.54. The average molecular weight is 697 g/mol. The van der Waals surface area contributed by atoms with Gasteiger partial charge >= 0.3 is 0 Å². The first-order valence-corrected chi connectivity index (χ1v) is 17.4. The molecule has 11 heteroatoms. The molecule has 0 saturated heterocycles. The summed E-state index contributed by atoms with van der Waals surface area (Å²) in [5.41, 5.74) is 2.36. The van der Waals surface area contributed by atoms with Crippen LogP contribution in [0.5, 0.6) is 5.75 Å². The number of amides is 2. The number of aryl methyl sites for hydroxylation is 1. The summed E-state index contributed by atoms with van der Waals surface area (Å²) in [5, 5.41) is 3.64. The summed E-state index contributed by atoms with van der Waals surface area (Å²) in [7, 11) is -2.79. The van der Waals surface area contributed by atoms with E-state index in [0.717, 1.165) is 15.4 Å². The van der Waals surface area contributed by atoms with Crippen LogP contribution in [-0.2, 0) is 32.6 Å². The Kier molecular flexibility index (Phi) is 12.3. The second-order valence-corrected chi connectivity index (χ2v) is 13.9. The summed E-state index contributed by atoms with van der Waals surface area (Å²) in [5.74, 6) is -0.595. The van der Waals surface area contributed by atoms with E-state index in [4.69, 9.17) is 27.9 Å². The SMILES string of the molecule is CC[C@H](C)NC(=O)[C@@H](Cc1ccccc1)N(Cc1c(Cl)cccc1Cl)C(=O)CN(c1cccc(OC)c1)S(=O)(=O)c1ccc(C)cc1. The lowest BCUT2D eigenvalue weighted by Gasteiger charge is -2.34. The van der Waals surface area contributed by atoms with E-state index < -0.39 is 28.5 Å². The highest BCUT2D eigenvalue weighted by molar-refractivity contribution is 7.92. The van der Waals surface area contributed by atoms with E-state index >= 15 is 0 Å². The Bertz CT molecular complexity index is 1770. The Hall–Kier alpha value is -4.05. The number of rotatable bonds is 14. The minimum absolute atomic E-state index is 0.00904. The van der Waals surface area contributed by atoms with Crippen LogP contribution < -0.4 is 14.4 Å². The third-order valence-corrected chi connectivity index (χ3v) is 10.4. The largest absolute Gasteiger partial charge is 0.497 e. The van der Waals surface area contributed by atoms with Crippen LogP contribution in [0.25, 0.3) is 0 Å². The van der Waals surface area contributed by atoms with Crippen LogP contribution >= 0.6 is 23.2 Å². The predicted octanol–water partition coefficient (Wildman–Crippen LogP) is 7.06. The van der Waals surface area contributed by atoms with Gasteiger partial charge in [-0.25, -0.2) is 8.42 Å². The maximum atomic E-state index is 14.7. The highest BCUT2D eigenvalue weighted by Crippen LogP contribution is 2.30. The molecule has 8 nitrogen and oxygen atoms in total. The smallest absolute Gasteiger partial charge is 0.264 e. The summed E-state index contributed by atoms with van der Waals surface area (Å²) < 4.78 is 34.9. The van der Waals surface area contributed by atoms with Gasteiger partial charge < -0.3 is 15.0 Å². The van der Waals surface area contributed by atoms with Crippen LogP contribution in [0.4, 0.5) is 5.69 Å². The molecule has 0 aliphatic carbocycles. The van der Waals surface area contributed by atoms with E-state index in [1.807, 2.05) is 51.1 Å². The van der Waals surface area contributed by atoms with E-state index in [2.05, 4.69) is 5.32 Å². The molecule has 4 rings (SSSR count). The second-order valence-electron chi connectivity index (χ2n) is 11.3. The van der Waals surface area contributed by atoms with Crippen molar-refractivity contribution in [3.8, 4) is 5.75 Å². The van der Waals surface area contributed by atoms with Gasteiger partial charge in [-0.3, -0.25) is 13.9 Å². The van der Waals surface area contributed by atoms with Crippen molar-refractivity contribution in [1.29, 1.82) is 0 Å². The van der Waals surface area contributed by atoms with Gasteiger partial charge in [-0.05, 0) is 62.2 Å². The highest BCUT2D eigenvalue weighted by atomic mass is 35.5. The first kappa shape index (κ1) is 35.8. The first-order chi connectivity index (χ1) is 22.4. The van der Waals surface area contributed by atoms with Crippen molar-refractivity contribution in [3.63, 3.8) is 0 Å². The Labute approximate surface area is 287 Å². The third kappa shape index (κ3) is 9.06. The lowest BCUT2D eigenvalue weighted by atomic mass is 10.0. The van der Waals surface area contributed by atoms with Gasteiger partial charge in [-0.15, -0.1) is 0 Å². The second kappa shape index (κ2) is 16.2. The van der Waals surface area contributed by atoms with Crippen LogP contribution in [0.1, 0.15) is 37.0 Å². The van der Waals surface area contributed by atoms with Crippen LogP contribution in [0.3, 0.4) is 0 Å². The van der Waals surface area contributed by atoms with Crippen molar-refractivity contribution < 1.29 is 22.7 Å². The number of carbonyl (C=O) groups excluding carboxylic acids is 2. The fourth-order valence-electron chi connectivity index (χ4n) is 4.98. The fraction of sp³-hybridized carbons (Fsp3) is 0.278. The zero-order valence-electron chi connectivity index (χ0n) is 26.8. The minimum Gasteiger partial charge on any atom is -0.497 e. The van der Waals surface area contributed by atoms with E-state index in [1.54, 1.807) is 54.6 Å². The number of sulfonamides is 1. The summed E-state index contributed by atoms with van der Waals surface area (Å²) in [6.07, 6.45) is 0.841. The van der Waals surface area contributed by atoms with Gasteiger partial charge in [0.2, 0.25) is 11.8 Å². The molecule has 0 fully saturated rings. The monoisotopic (exact) mass is 695 g/mol. The quantitative estimate of drug-likeness (QED) is 0.152. The van der Waals surface area contributed by atoms with E-state index in [1.165, 1.54) is 24.1 Å². The van der Waals surface area contributed by atoms with Gasteiger partial charge in [0.15, 0.2) is 0 Å². The van der Waals surface area contributed by atoms with Gasteiger partial charge in [0.1, 0.15) is 18.3 Å². The molecule has 0 aliphatic rings. The number of hydrogen-bond donors (Lipinski definition) is 1. The van der Waals surface area contributed by atoms with Gasteiger partial charge in [0.25, 0.3) is 10.0 Å². The van der Waals surface area contributed by atoms with Gasteiger partial charge in [-0.1, -0.05) is 90.3 Å². The Morgan fingerprint density at radius 3 is 2.15 bits per heavy atom. The van der Waals surface area contributed by atoms with Crippen molar-refractivity contribution >= 4 is 50.7 Å². The number of hydrogen-bond acceptors (Lipinski definition) is 5. The molecular weight excluding hydrogens is 657 g/mol. The maximum Gasteiger partial charge on any atom is 0.264 e. The number of nitrogens with zero attached hydrogens (tertiary/aromatic N) is 2. The van der Waals surface area contributed by atoms with Crippen molar-refractivity contribution in [2.24, 2.45) is 0 Å². The van der Waals surface area contributed by atoms with Gasteiger partial charge in [-0.2, -0.15) is 0 Å². The van der Waals surface area contributed by atoms with Crippen molar-refractivity contribution in [2.75, 3.05) is 18.0 Å². The molecular formula is C36H39Cl2N3O5S. The average Bonchev–Trinajstić information content (AvgIpc) is 3.06. The molecule has 1 N–H and O–H groups in total. The molecule has 47 heavy (non-hydrogen) atoms. The molecule has 4 aromatic carbocycles. The minimum atomic E-state index is -4.26. The fourth-order valence-corrected chi connectivity index (χ4v) is 6.90. The van der Waals surface area contributed by atoms with E-state index in [-0.39, 0.29) is 35.5 Å². The van der Waals surface area contributed by atoms with Crippen molar-refractivity contribution in [1.82, 2.24) is 10.2 Å². The summed E-state index contributed by atoms with van der Waals surface area (Å²) in [6, 6.07) is 26.0. The first-order valence-electron chi connectivity index (χ1n) is 15.2. The molecule has 2 atom stereocenters. The zero-order valence-corrected chi connectivity index (χ0v) is 29.1. The molecule has 0 bridgehead atoms. The normalized spacial score (nSPS) is 12.6. The number of halogens is 2. The molecule has 0 spiro atoms. The number of ether oxygens (including phenoxy) is 1. The summed E-state index contributed by atoms with van der Waals surface area (Å²) in [4.78, 5) is 30.0. The molecule has 248 valence electrons. The summed E-state index contributed by atoms with van der Waals surface area (Å²) >= 11 is 13.2. The third-order valence-electron chi connectivity index (χ3n) is 7.89. The Morgan fingerprint density at radius 2 is 1.53 bits per heavy atom. The van der Waals surface area contributed by atoms with Crippen LogP contribution in [0.15, 0.2) is 102 Å². The molecule has 0 aliphatic heterocycles. The molecule has 0 radical (unpaired) electrons. The number of methoxy groups -OCH3 is 1. The predicted molar refractivity (Wildman–Crippen MR) is 188 cm³/mol. The molecule has 2 amide bonds. The molecule has 4 aromatic rings. The van der Waals surface area contributed by atoms with Crippen LogP contribution in [0, 0.1) is 6.92 Å². The van der Waals surface area contributed by atoms with Gasteiger partial charge in [0, 0.05) is 40.7 Å². The molecule has 0 heterocycles. The summed E-state index contributed by atoms with van der Waals surface area (Å²) in [6.45, 7) is 4.93. The zero-order chi connectivity index (χ0) is 34.1. The van der Waals surface area contributed by atoms with E-state index in [0.29, 0.717) is 27.8 Å². The molecule has 0 unspecified atom stereocenters. The molecule has 0 aromatic heterocycles. The maximum absolute atomic E-state index is 14.7. The van der Waals surface area contributed by atoms with Crippen molar-refractivity contribution in [3.05, 3.63) is 124 Å².